The van der Waals surface area contributed by atoms with Crippen LogP contribution in [-0.2, 0) is 0 Å². The Balaban J connectivity index is 1.91. The van der Waals surface area contributed by atoms with E-state index < -0.39 is 0 Å². The van der Waals surface area contributed by atoms with Gasteiger partial charge in [-0.2, -0.15) is 0 Å². The number of amides is 1. The van der Waals surface area contributed by atoms with Crippen LogP contribution in [0.5, 0.6) is 0 Å². The second-order valence-electron chi connectivity index (χ2n) is 4.81. The normalized spacial score (nSPS) is 11.6. The molecule has 3 aromatic rings. The summed E-state index contributed by atoms with van der Waals surface area (Å²) in [4.78, 5) is 20.5. The molecule has 1 unspecified atom stereocenters. The fourth-order valence-electron chi connectivity index (χ4n) is 2.26. The summed E-state index contributed by atoms with van der Waals surface area (Å²) in [5, 5.41) is 3.04. The van der Waals surface area contributed by atoms with Crippen LogP contribution in [0.1, 0.15) is 27.7 Å². The van der Waals surface area contributed by atoms with E-state index >= 15 is 0 Å². The van der Waals surface area contributed by atoms with Crippen LogP contribution in [-0.4, -0.2) is 15.9 Å². The average molecular weight is 289 g/mol. The van der Waals surface area contributed by atoms with E-state index in [1.807, 2.05) is 42.5 Å². The fraction of sp³-hybridized carbons (Fsp3) is 0.0556. The highest BCUT2D eigenvalue weighted by atomic mass is 16.1. The summed E-state index contributed by atoms with van der Waals surface area (Å²) in [5.74, 6) is -0.203. The van der Waals surface area contributed by atoms with E-state index in [2.05, 4.69) is 15.3 Å². The highest BCUT2D eigenvalue weighted by Crippen LogP contribution is 2.21. The maximum Gasteiger partial charge on any atom is 0.270 e. The number of carbonyl (C=O) groups is 1. The Labute approximate surface area is 128 Å². The molecule has 0 aliphatic heterocycles. The van der Waals surface area contributed by atoms with Gasteiger partial charge in [-0.3, -0.25) is 14.8 Å². The first-order valence-electron chi connectivity index (χ1n) is 7.01. The molecule has 0 fully saturated rings. The second kappa shape index (κ2) is 6.63. The van der Waals surface area contributed by atoms with Gasteiger partial charge in [0.1, 0.15) is 5.69 Å². The highest BCUT2D eigenvalue weighted by molar-refractivity contribution is 5.92. The van der Waals surface area contributed by atoms with Crippen LogP contribution < -0.4 is 5.32 Å². The van der Waals surface area contributed by atoms with E-state index in [4.69, 9.17) is 0 Å². The van der Waals surface area contributed by atoms with Crippen LogP contribution in [0, 0.1) is 0 Å². The van der Waals surface area contributed by atoms with Crippen molar-refractivity contribution in [1.29, 1.82) is 0 Å². The zero-order valence-electron chi connectivity index (χ0n) is 11.9. The molecule has 2 aromatic heterocycles. The Kier molecular flexibility index (Phi) is 4.20. The standard InChI is InChI=1S/C18H15N3O/c22-18(16-8-4-5-11-20-16)21-17(14-6-2-1-3-7-14)15-9-12-19-13-10-15/h1-13,17H,(H,21,22). The summed E-state index contributed by atoms with van der Waals surface area (Å²) in [6, 6.07) is 18.7. The fourth-order valence-corrected chi connectivity index (χ4v) is 2.26. The van der Waals surface area contributed by atoms with Gasteiger partial charge in [0.05, 0.1) is 6.04 Å². The smallest absolute Gasteiger partial charge is 0.270 e. The molecule has 108 valence electrons. The van der Waals surface area contributed by atoms with Gasteiger partial charge in [-0.05, 0) is 35.4 Å². The molecular weight excluding hydrogens is 274 g/mol. The van der Waals surface area contributed by atoms with Crippen molar-refractivity contribution < 1.29 is 4.79 Å². The molecule has 0 spiro atoms. The Morgan fingerprint density at radius 2 is 1.50 bits per heavy atom. The largest absolute Gasteiger partial charge is 0.340 e. The lowest BCUT2D eigenvalue weighted by Gasteiger charge is -2.19. The Morgan fingerprint density at radius 3 is 2.18 bits per heavy atom. The molecule has 2 heterocycles. The maximum atomic E-state index is 12.4. The van der Waals surface area contributed by atoms with Gasteiger partial charge in [0, 0.05) is 18.6 Å². The molecule has 0 bridgehead atoms. The third kappa shape index (κ3) is 3.17. The Bertz CT molecular complexity index is 691. The number of aromatic nitrogens is 2. The van der Waals surface area contributed by atoms with Crippen molar-refractivity contribution in [3.8, 4) is 0 Å². The number of hydrogen-bond acceptors (Lipinski definition) is 3. The van der Waals surface area contributed by atoms with Crippen LogP contribution in [0.3, 0.4) is 0 Å². The lowest BCUT2D eigenvalue weighted by molar-refractivity contribution is 0.0938. The van der Waals surface area contributed by atoms with E-state index in [0.29, 0.717) is 5.69 Å². The molecule has 1 atom stereocenters. The lowest BCUT2D eigenvalue weighted by Crippen LogP contribution is -2.29. The Hall–Kier alpha value is -3.01. The van der Waals surface area contributed by atoms with Gasteiger partial charge < -0.3 is 5.32 Å². The monoisotopic (exact) mass is 289 g/mol. The predicted molar refractivity (Wildman–Crippen MR) is 84.2 cm³/mol. The van der Waals surface area contributed by atoms with Crippen LogP contribution in [0.4, 0.5) is 0 Å². The molecule has 0 aliphatic carbocycles. The minimum absolute atomic E-state index is 0.203. The molecule has 0 aliphatic rings. The second-order valence-corrected chi connectivity index (χ2v) is 4.81. The zero-order valence-corrected chi connectivity index (χ0v) is 11.9. The zero-order chi connectivity index (χ0) is 15.2. The molecule has 0 saturated carbocycles. The van der Waals surface area contributed by atoms with Gasteiger partial charge in [0.2, 0.25) is 0 Å². The summed E-state index contributed by atoms with van der Waals surface area (Å²) in [5.41, 5.74) is 2.39. The van der Waals surface area contributed by atoms with E-state index in [1.54, 1.807) is 36.8 Å². The minimum Gasteiger partial charge on any atom is -0.340 e. The molecule has 22 heavy (non-hydrogen) atoms. The van der Waals surface area contributed by atoms with Gasteiger partial charge >= 0.3 is 0 Å². The van der Waals surface area contributed by atoms with Crippen molar-refractivity contribution in [3.05, 3.63) is 96.1 Å². The summed E-state index contributed by atoms with van der Waals surface area (Å²) in [6.45, 7) is 0. The van der Waals surface area contributed by atoms with Gasteiger partial charge in [0.15, 0.2) is 0 Å². The number of benzene rings is 1. The SMILES string of the molecule is O=C(NC(c1ccccc1)c1ccncc1)c1ccccn1. The van der Waals surface area contributed by atoms with Crippen molar-refractivity contribution in [2.45, 2.75) is 6.04 Å². The van der Waals surface area contributed by atoms with Crippen molar-refractivity contribution in [1.82, 2.24) is 15.3 Å². The molecular formula is C18H15N3O. The van der Waals surface area contributed by atoms with Crippen molar-refractivity contribution in [2.24, 2.45) is 0 Å². The van der Waals surface area contributed by atoms with E-state index in [9.17, 15) is 4.79 Å². The number of carbonyl (C=O) groups excluding carboxylic acids is 1. The summed E-state index contributed by atoms with van der Waals surface area (Å²) in [7, 11) is 0. The average Bonchev–Trinajstić information content (AvgIpc) is 2.62. The maximum absolute atomic E-state index is 12.4. The number of rotatable bonds is 4. The van der Waals surface area contributed by atoms with Crippen LogP contribution in [0.25, 0.3) is 0 Å². The quantitative estimate of drug-likeness (QED) is 0.803. The molecule has 0 radical (unpaired) electrons. The molecule has 3 rings (SSSR count). The first kappa shape index (κ1) is 13.9. The first-order valence-corrected chi connectivity index (χ1v) is 7.01. The molecule has 4 nitrogen and oxygen atoms in total. The van der Waals surface area contributed by atoms with Gasteiger partial charge in [0.25, 0.3) is 5.91 Å². The third-order valence-electron chi connectivity index (χ3n) is 3.35. The van der Waals surface area contributed by atoms with Crippen LogP contribution >= 0.6 is 0 Å². The molecule has 0 saturated heterocycles. The van der Waals surface area contributed by atoms with E-state index in [1.165, 1.54) is 0 Å². The van der Waals surface area contributed by atoms with Crippen molar-refractivity contribution >= 4 is 5.91 Å². The predicted octanol–water partition coefficient (Wildman–Crippen LogP) is 3.00. The molecule has 1 N–H and O–H groups in total. The van der Waals surface area contributed by atoms with Gasteiger partial charge in [-0.15, -0.1) is 0 Å². The third-order valence-corrected chi connectivity index (χ3v) is 3.35. The van der Waals surface area contributed by atoms with Crippen LogP contribution in [0.2, 0.25) is 0 Å². The number of nitrogens with zero attached hydrogens (tertiary/aromatic N) is 2. The Morgan fingerprint density at radius 1 is 0.818 bits per heavy atom. The number of hydrogen-bond donors (Lipinski definition) is 1. The molecule has 1 amide bonds. The summed E-state index contributed by atoms with van der Waals surface area (Å²) < 4.78 is 0. The molecule has 1 aromatic carbocycles. The van der Waals surface area contributed by atoms with E-state index in [0.717, 1.165) is 11.1 Å². The number of nitrogens with one attached hydrogen (secondary N) is 1. The first-order chi connectivity index (χ1) is 10.8. The van der Waals surface area contributed by atoms with E-state index in [-0.39, 0.29) is 11.9 Å². The highest BCUT2D eigenvalue weighted by Gasteiger charge is 2.18. The number of pyridine rings is 2. The lowest BCUT2D eigenvalue weighted by atomic mass is 9.99. The van der Waals surface area contributed by atoms with Gasteiger partial charge in [-0.25, -0.2) is 0 Å². The van der Waals surface area contributed by atoms with Gasteiger partial charge in [-0.1, -0.05) is 36.4 Å². The molecule has 4 heteroatoms. The summed E-state index contributed by atoms with van der Waals surface area (Å²) in [6.07, 6.45) is 5.05. The minimum atomic E-state index is -0.237. The summed E-state index contributed by atoms with van der Waals surface area (Å²) >= 11 is 0. The van der Waals surface area contributed by atoms with Crippen molar-refractivity contribution in [3.63, 3.8) is 0 Å². The topological polar surface area (TPSA) is 54.9 Å². The van der Waals surface area contributed by atoms with Crippen molar-refractivity contribution in [2.75, 3.05) is 0 Å². The van der Waals surface area contributed by atoms with Crippen LogP contribution in [0.15, 0.2) is 79.3 Å².